The molecule has 6 heteroatoms. The minimum absolute atomic E-state index is 0.0108. The van der Waals surface area contributed by atoms with Gasteiger partial charge in [0, 0.05) is 36.8 Å². The number of amides is 2. The molecule has 0 unspecified atom stereocenters. The van der Waals surface area contributed by atoms with Gasteiger partial charge in [-0.25, -0.2) is 0 Å². The summed E-state index contributed by atoms with van der Waals surface area (Å²) in [7, 11) is 0. The maximum absolute atomic E-state index is 13.1. The lowest BCUT2D eigenvalue weighted by atomic mass is 9.99. The second-order valence-electron chi connectivity index (χ2n) is 8.66. The first-order chi connectivity index (χ1) is 16.4. The number of benzene rings is 3. The molecule has 1 heterocycles. The fourth-order valence-electron chi connectivity index (χ4n) is 4.40. The number of carbonyl (C=O) groups is 2. The number of hydrogen-bond acceptors (Lipinski definition) is 3. The van der Waals surface area contributed by atoms with Gasteiger partial charge in [0.15, 0.2) is 0 Å². The minimum Gasteiger partial charge on any atom is -0.384 e. The van der Waals surface area contributed by atoms with Crippen molar-refractivity contribution in [2.45, 2.75) is 39.2 Å². The Bertz CT molecular complexity index is 1190. The van der Waals surface area contributed by atoms with E-state index in [0.717, 1.165) is 40.9 Å². The zero-order valence-electron chi connectivity index (χ0n) is 19.5. The van der Waals surface area contributed by atoms with E-state index < -0.39 is 0 Å². The Morgan fingerprint density at radius 3 is 2.41 bits per heavy atom. The Hall–Kier alpha value is -3.93. The first kappa shape index (κ1) is 23.2. The van der Waals surface area contributed by atoms with Crippen LogP contribution in [0.25, 0.3) is 0 Å². The Balaban J connectivity index is 1.47. The van der Waals surface area contributed by atoms with E-state index in [1.54, 1.807) is 11.8 Å². The number of hydrogen-bond donors (Lipinski definition) is 2. The van der Waals surface area contributed by atoms with Crippen LogP contribution in [0.15, 0.2) is 72.8 Å². The molecule has 0 fully saturated rings. The summed E-state index contributed by atoms with van der Waals surface area (Å²) >= 11 is 0. The third kappa shape index (κ3) is 5.34. The SMILES string of the molecule is CC(=O)N(Cc1ccccc1)c1ccc2c(c1)CCCN2C(=O)CCc1ccc(C(=N)N)cc1. The molecule has 0 saturated carbocycles. The summed E-state index contributed by atoms with van der Waals surface area (Å²) < 4.78 is 0. The molecule has 6 nitrogen and oxygen atoms in total. The molecule has 0 atom stereocenters. The number of nitrogen functional groups attached to an aromatic ring is 1. The number of fused-ring (bicyclic) bond motifs is 1. The van der Waals surface area contributed by atoms with Crippen molar-refractivity contribution < 1.29 is 9.59 Å². The molecule has 4 rings (SSSR count). The van der Waals surface area contributed by atoms with Crippen LogP contribution in [0.4, 0.5) is 11.4 Å². The van der Waals surface area contributed by atoms with Gasteiger partial charge in [-0.3, -0.25) is 15.0 Å². The van der Waals surface area contributed by atoms with Gasteiger partial charge in [-0.2, -0.15) is 0 Å². The number of rotatable bonds is 7. The first-order valence-electron chi connectivity index (χ1n) is 11.6. The third-order valence-corrected chi connectivity index (χ3v) is 6.25. The monoisotopic (exact) mass is 454 g/mol. The van der Waals surface area contributed by atoms with Crippen LogP contribution in [0, 0.1) is 5.41 Å². The van der Waals surface area contributed by atoms with E-state index in [1.165, 1.54) is 0 Å². The molecule has 3 aromatic carbocycles. The number of nitrogens with one attached hydrogen (secondary N) is 1. The van der Waals surface area contributed by atoms with Gasteiger partial charge in [0.25, 0.3) is 0 Å². The van der Waals surface area contributed by atoms with Gasteiger partial charge in [0.1, 0.15) is 5.84 Å². The van der Waals surface area contributed by atoms with Gasteiger partial charge in [0.2, 0.25) is 11.8 Å². The van der Waals surface area contributed by atoms with Gasteiger partial charge in [-0.05, 0) is 54.2 Å². The van der Waals surface area contributed by atoms with Crippen molar-refractivity contribution in [3.8, 4) is 0 Å². The van der Waals surface area contributed by atoms with E-state index in [0.29, 0.717) is 31.5 Å². The second kappa shape index (κ2) is 10.3. The zero-order chi connectivity index (χ0) is 24.1. The van der Waals surface area contributed by atoms with Crippen LogP contribution in [0.5, 0.6) is 0 Å². The smallest absolute Gasteiger partial charge is 0.227 e. The van der Waals surface area contributed by atoms with Crippen LogP contribution >= 0.6 is 0 Å². The normalized spacial score (nSPS) is 12.7. The summed E-state index contributed by atoms with van der Waals surface area (Å²) in [5.41, 5.74) is 11.2. The van der Waals surface area contributed by atoms with Crippen LogP contribution in [-0.4, -0.2) is 24.2 Å². The molecule has 0 spiro atoms. The molecule has 0 aliphatic carbocycles. The second-order valence-corrected chi connectivity index (χ2v) is 8.66. The van der Waals surface area contributed by atoms with E-state index in [2.05, 4.69) is 6.07 Å². The fraction of sp³-hybridized carbons (Fsp3) is 0.250. The molecule has 0 saturated heterocycles. The number of carbonyl (C=O) groups excluding carboxylic acids is 2. The van der Waals surface area contributed by atoms with Gasteiger partial charge in [-0.1, -0.05) is 54.6 Å². The Kier molecular flexibility index (Phi) is 7.07. The lowest BCUT2D eigenvalue weighted by Gasteiger charge is -2.31. The predicted octanol–water partition coefficient (Wildman–Crippen LogP) is 4.44. The zero-order valence-corrected chi connectivity index (χ0v) is 19.5. The quantitative estimate of drug-likeness (QED) is 0.409. The van der Waals surface area contributed by atoms with Crippen molar-refractivity contribution in [1.29, 1.82) is 5.41 Å². The average molecular weight is 455 g/mol. The number of anilines is 2. The lowest BCUT2D eigenvalue weighted by Crippen LogP contribution is -2.36. The van der Waals surface area contributed by atoms with E-state index in [-0.39, 0.29) is 17.6 Å². The highest BCUT2D eigenvalue weighted by atomic mass is 16.2. The van der Waals surface area contributed by atoms with Gasteiger partial charge in [0.05, 0.1) is 6.54 Å². The van der Waals surface area contributed by atoms with Gasteiger partial charge in [-0.15, -0.1) is 0 Å². The Morgan fingerprint density at radius 1 is 1.00 bits per heavy atom. The van der Waals surface area contributed by atoms with Crippen LogP contribution < -0.4 is 15.5 Å². The first-order valence-corrected chi connectivity index (χ1v) is 11.6. The molecule has 0 bridgehead atoms. The maximum atomic E-state index is 13.1. The number of amidine groups is 1. The van der Waals surface area contributed by atoms with E-state index in [9.17, 15) is 9.59 Å². The number of nitrogens with zero attached hydrogens (tertiary/aromatic N) is 2. The molecule has 3 N–H and O–H groups in total. The van der Waals surface area contributed by atoms with Crippen molar-refractivity contribution in [2.75, 3.05) is 16.3 Å². The van der Waals surface area contributed by atoms with Gasteiger partial charge < -0.3 is 15.5 Å². The van der Waals surface area contributed by atoms with Crippen LogP contribution in [0.2, 0.25) is 0 Å². The molecule has 2 amide bonds. The van der Waals surface area contributed by atoms with E-state index in [1.807, 2.05) is 71.6 Å². The Morgan fingerprint density at radius 2 is 1.74 bits per heavy atom. The van der Waals surface area contributed by atoms with Crippen molar-refractivity contribution >= 4 is 29.0 Å². The van der Waals surface area contributed by atoms with Gasteiger partial charge >= 0.3 is 0 Å². The molecule has 174 valence electrons. The number of aryl methyl sites for hydroxylation is 2. The topological polar surface area (TPSA) is 90.5 Å². The van der Waals surface area contributed by atoms with E-state index >= 15 is 0 Å². The summed E-state index contributed by atoms with van der Waals surface area (Å²) in [6.07, 6.45) is 2.83. The molecule has 1 aliphatic rings. The van der Waals surface area contributed by atoms with Crippen LogP contribution in [-0.2, 0) is 29.0 Å². The molecule has 0 aromatic heterocycles. The van der Waals surface area contributed by atoms with Crippen molar-refractivity contribution in [3.63, 3.8) is 0 Å². The maximum Gasteiger partial charge on any atom is 0.227 e. The van der Waals surface area contributed by atoms with Crippen molar-refractivity contribution in [1.82, 2.24) is 0 Å². The highest BCUT2D eigenvalue weighted by Crippen LogP contribution is 2.32. The summed E-state index contributed by atoms with van der Waals surface area (Å²) in [4.78, 5) is 29.2. The molecule has 3 aromatic rings. The van der Waals surface area contributed by atoms with Crippen LogP contribution in [0.3, 0.4) is 0 Å². The van der Waals surface area contributed by atoms with Crippen molar-refractivity contribution in [3.05, 3.63) is 95.1 Å². The number of nitrogens with two attached hydrogens (primary N) is 1. The lowest BCUT2D eigenvalue weighted by molar-refractivity contribution is -0.119. The summed E-state index contributed by atoms with van der Waals surface area (Å²) in [5, 5.41) is 7.50. The summed E-state index contributed by atoms with van der Waals surface area (Å²) in [6, 6.07) is 23.4. The molecule has 1 aliphatic heterocycles. The highest BCUT2D eigenvalue weighted by Gasteiger charge is 2.24. The molecular formula is C28H30N4O2. The standard InChI is InChI=1S/C28H30N4O2/c1-20(33)32(19-22-6-3-2-4-7-22)25-14-15-26-24(18-25)8-5-17-31(26)27(34)16-11-21-9-12-23(13-10-21)28(29)30/h2-4,6-7,9-10,12-15,18H,5,8,11,16-17,19H2,1H3,(H3,29,30). The molecular weight excluding hydrogens is 424 g/mol. The average Bonchev–Trinajstić information content (AvgIpc) is 2.85. The molecule has 34 heavy (non-hydrogen) atoms. The van der Waals surface area contributed by atoms with Crippen molar-refractivity contribution in [2.24, 2.45) is 5.73 Å². The molecule has 0 radical (unpaired) electrons. The Labute approximate surface area is 200 Å². The predicted molar refractivity (Wildman–Crippen MR) is 136 cm³/mol. The minimum atomic E-state index is -0.0108. The van der Waals surface area contributed by atoms with E-state index in [4.69, 9.17) is 11.1 Å². The fourth-order valence-corrected chi connectivity index (χ4v) is 4.40. The summed E-state index contributed by atoms with van der Waals surface area (Å²) in [6.45, 7) is 2.80. The summed E-state index contributed by atoms with van der Waals surface area (Å²) in [5.74, 6) is 0.124. The third-order valence-electron chi connectivity index (χ3n) is 6.25. The largest absolute Gasteiger partial charge is 0.384 e. The van der Waals surface area contributed by atoms with Crippen LogP contribution in [0.1, 0.15) is 42.0 Å². The highest BCUT2D eigenvalue weighted by molar-refractivity contribution is 5.97.